The average molecular weight is 304 g/mol. The summed E-state index contributed by atoms with van der Waals surface area (Å²) in [6, 6.07) is 8.32. The van der Waals surface area contributed by atoms with Crippen molar-refractivity contribution in [2.24, 2.45) is 5.73 Å². The van der Waals surface area contributed by atoms with Crippen LogP contribution in [-0.2, 0) is 11.3 Å². The number of fused-ring (bicyclic) bond motifs is 1. The summed E-state index contributed by atoms with van der Waals surface area (Å²) < 4.78 is 1.16. The van der Waals surface area contributed by atoms with Crippen LogP contribution in [0.25, 0.3) is 10.2 Å². The molecule has 3 rings (SSSR count). The number of nitrogens with two attached hydrogens (primary N) is 1. The van der Waals surface area contributed by atoms with Crippen molar-refractivity contribution in [2.45, 2.75) is 25.4 Å². The molecule has 0 aliphatic carbocycles. The molecule has 0 saturated carbocycles. The van der Waals surface area contributed by atoms with E-state index >= 15 is 0 Å². The maximum atomic E-state index is 12.0. The van der Waals surface area contributed by atoms with Gasteiger partial charge >= 0.3 is 0 Å². The minimum Gasteiger partial charge on any atom is -0.348 e. The van der Waals surface area contributed by atoms with Gasteiger partial charge in [-0.15, -0.1) is 11.3 Å². The predicted octanol–water partition coefficient (Wildman–Crippen LogP) is 1.34. The van der Waals surface area contributed by atoms with Crippen LogP contribution >= 0.6 is 11.3 Å². The Kier molecular flexibility index (Phi) is 4.48. The van der Waals surface area contributed by atoms with Gasteiger partial charge < -0.3 is 11.1 Å². The molecule has 2 aromatic rings. The number of nitrogens with zero attached hydrogens (tertiary/aromatic N) is 2. The standard InChI is InChI=1S/C15H20N4OS/c16-11-5-7-19(8-6-11)10-14(20)17-9-15-18-12-3-1-2-4-13(12)21-15/h1-4,11H,5-10,16H2,(H,17,20). The maximum absolute atomic E-state index is 12.0. The first-order valence-electron chi connectivity index (χ1n) is 7.30. The molecule has 0 atom stereocenters. The van der Waals surface area contributed by atoms with E-state index in [-0.39, 0.29) is 5.91 Å². The summed E-state index contributed by atoms with van der Waals surface area (Å²) in [4.78, 5) is 18.7. The number of piperidine rings is 1. The molecule has 1 saturated heterocycles. The van der Waals surface area contributed by atoms with E-state index < -0.39 is 0 Å². The highest BCUT2D eigenvalue weighted by Gasteiger charge is 2.18. The van der Waals surface area contributed by atoms with Crippen molar-refractivity contribution in [1.29, 1.82) is 0 Å². The van der Waals surface area contributed by atoms with Crippen molar-refractivity contribution < 1.29 is 4.79 Å². The molecule has 0 spiro atoms. The molecule has 0 unspecified atom stereocenters. The third kappa shape index (κ3) is 3.78. The Morgan fingerprint density at radius 3 is 2.90 bits per heavy atom. The molecule has 2 heterocycles. The fourth-order valence-electron chi connectivity index (χ4n) is 2.54. The monoisotopic (exact) mass is 304 g/mol. The van der Waals surface area contributed by atoms with Gasteiger partial charge in [0.05, 0.1) is 23.3 Å². The zero-order valence-corrected chi connectivity index (χ0v) is 12.7. The van der Waals surface area contributed by atoms with Crippen LogP contribution in [0.1, 0.15) is 17.8 Å². The van der Waals surface area contributed by atoms with Gasteiger partial charge in [0.25, 0.3) is 0 Å². The van der Waals surface area contributed by atoms with Gasteiger partial charge in [-0.25, -0.2) is 4.98 Å². The van der Waals surface area contributed by atoms with Crippen molar-refractivity contribution in [1.82, 2.24) is 15.2 Å². The number of aromatic nitrogens is 1. The number of hydrogen-bond acceptors (Lipinski definition) is 5. The number of likely N-dealkylation sites (tertiary alicyclic amines) is 1. The van der Waals surface area contributed by atoms with Gasteiger partial charge in [-0.2, -0.15) is 0 Å². The number of carbonyl (C=O) groups excluding carboxylic acids is 1. The second kappa shape index (κ2) is 6.51. The Morgan fingerprint density at radius 1 is 1.38 bits per heavy atom. The van der Waals surface area contributed by atoms with Gasteiger partial charge in [-0.1, -0.05) is 12.1 Å². The largest absolute Gasteiger partial charge is 0.348 e. The van der Waals surface area contributed by atoms with E-state index in [2.05, 4.69) is 21.3 Å². The fourth-order valence-corrected chi connectivity index (χ4v) is 3.45. The second-order valence-corrected chi connectivity index (χ2v) is 6.58. The molecule has 1 aromatic carbocycles. The minimum atomic E-state index is 0.0599. The zero-order chi connectivity index (χ0) is 14.7. The lowest BCUT2D eigenvalue weighted by Gasteiger charge is -2.29. The van der Waals surface area contributed by atoms with E-state index in [0.29, 0.717) is 19.1 Å². The summed E-state index contributed by atoms with van der Waals surface area (Å²) in [5.74, 6) is 0.0599. The lowest BCUT2D eigenvalue weighted by molar-refractivity contribution is -0.122. The van der Waals surface area contributed by atoms with Gasteiger partial charge in [-0.05, 0) is 25.0 Å². The number of benzene rings is 1. The first-order chi connectivity index (χ1) is 10.2. The number of thiazole rings is 1. The topological polar surface area (TPSA) is 71.2 Å². The van der Waals surface area contributed by atoms with Crippen molar-refractivity contribution in [3.05, 3.63) is 29.3 Å². The molecule has 6 heteroatoms. The van der Waals surface area contributed by atoms with Gasteiger partial charge in [0, 0.05) is 19.1 Å². The third-order valence-corrected chi connectivity index (χ3v) is 4.81. The highest BCUT2D eigenvalue weighted by atomic mass is 32.1. The quantitative estimate of drug-likeness (QED) is 0.894. The van der Waals surface area contributed by atoms with Crippen molar-refractivity contribution in [3.8, 4) is 0 Å². The molecular weight excluding hydrogens is 284 g/mol. The highest BCUT2D eigenvalue weighted by Crippen LogP contribution is 2.21. The molecule has 0 radical (unpaired) electrons. The molecule has 1 fully saturated rings. The Morgan fingerprint density at radius 2 is 2.14 bits per heavy atom. The van der Waals surface area contributed by atoms with E-state index in [1.165, 1.54) is 0 Å². The number of para-hydroxylation sites is 1. The van der Waals surface area contributed by atoms with Crippen LogP contribution in [0.2, 0.25) is 0 Å². The molecule has 1 aliphatic heterocycles. The molecule has 0 bridgehead atoms. The predicted molar refractivity (Wildman–Crippen MR) is 85.1 cm³/mol. The fraction of sp³-hybridized carbons (Fsp3) is 0.467. The van der Waals surface area contributed by atoms with Gasteiger partial charge in [0.1, 0.15) is 5.01 Å². The van der Waals surface area contributed by atoms with Crippen LogP contribution in [0.3, 0.4) is 0 Å². The van der Waals surface area contributed by atoms with Crippen molar-refractivity contribution >= 4 is 27.5 Å². The second-order valence-electron chi connectivity index (χ2n) is 5.47. The van der Waals surface area contributed by atoms with Crippen molar-refractivity contribution in [2.75, 3.05) is 19.6 Å². The summed E-state index contributed by atoms with van der Waals surface area (Å²) in [5, 5.41) is 3.90. The lowest BCUT2D eigenvalue weighted by Crippen LogP contribution is -2.44. The zero-order valence-electron chi connectivity index (χ0n) is 11.9. The van der Waals surface area contributed by atoms with Crippen LogP contribution in [-0.4, -0.2) is 41.5 Å². The summed E-state index contributed by atoms with van der Waals surface area (Å²) in [6.45, 7) is 2.79. The summed E-state index contributed by atoms with van der Waals surface area (Å²) >= 11 is 1.63. The number of hydrogen-bond donors (Lipinski definition) is 2. The first kappa shape index (κ1) is 14.4. The van der Waals surface area contributed by atoms with E-state index in [1.807, 2.05) is 18.2 Å². The molecule has 3 N–H and O–H groups in total. The molecule has 1 amide bonds. The van der Waals surface area contributed by atoms with Crippen LogP contribution in [0.4, 0.5) is 0 Å². The summed E-state index contributed by atoms with van der Waals surface area (Å²) in [7, 11) is 0. The van der Waals surface area contributed by atoms with Gasteiger partial charge in [0.15, 0.2) is 0 Å². The van der Waals surface area contributed by atoms with Crippen LogP contribution in [0.5, 0.6) is 0 Å². The highest BCUT2D eigenvalue weighted by molar-refractivity contribution is 7.18. The summed E-state index contributed by atoms with van der Waals surface area (Å²) in [6.07, 6.45) is 1.95. The van der Waals surface area contributed by atoms with Gasteiger partial charge in [-0.3, -0.25) is 9.69 Å². The Hall–Kier alpha value is -1.50. The third-order valence-electron chi connectivity index (χ3n) is 3.77. The smallest absolute Gasteiger partial charge is 0.234 e. The van der Waals surface area contributed by atoms with Crippen LogP contribution < -0.4 is 11.1 Å². The minimum absolute atomic E-state index is 0.0599. The summed E-state index contributed by atoms with van der Waals surface area (Å²) in [5.41, 5.74) is 6.86. The number of carbonyl (C=O) groups is 1. The van der Waals surface area contributed by atoms with E-state index in [4.69, 9.17) is 5.73 Å². The normalized spacial score (nSPS) is 17.2. The van der Waals surface area contributed by atoms with Crippen molar-refractivity contribution in [3.63, 3.8) is 0 Å². The number of amides is 1. The van der Waals surface area contributed by atoms with E-state index in [1.54, 1.807) is 11.3 Å². The first-order valence-corrected chi connectivity index (χ1v) is 8.11. The Bertz CT molecular complexity index is 586. The molecule has 5 nitrogen and oxygen atoms in total. The van der Waals surface area contributed by atoms with Crippen LogP contribution in [0, 0.1) is 0 Å². The number of nitrogens with one attached hydrogen (secondary N) is 1. The average Bonchev–Trinajstić information content (AvgIpc) is 2.90. The Labute approximate surface area is 128 Å². The SMILES string of the molecule is NC1CCN(CC(=O)NCc2nc3ccccc3s2)CC1. The lowest BCUT2D eigenvalue weighted by atomic mass is 10.1. The maximum Gasteiger partial charge on any atom is 0.234 e. The van der Waals surface area contributed by atoms with E-state index in [9.17, 15) is 4.79 Å². The van der Waals surface area contributed by atoms with E-state index in [0.717, 1.165) is 41.2 Å². The van der Waals surface area contributed by atoms with Gasteiger partial charge in [0.2, 0.25) is 5.91 Å². The molecule has 1 aliphatic rings. The number of rotatable bonds is 4. The van der Waals surface area contributed by atoms with Crippen LogP contribution in [0.15, 0.2) is 24.3 Å². The molecule has 112 valence electrons. The molecular formula is C15H20N4OS. The molecule has 1 aromatic heterocycles. The molecule has 21 heavy (non-hydrogen) atoms. The Balaban J connectivity index is 1.49.